The van der Waals surface area contributed by atoms with Gasteiger partial charge >= 0.3 is 16.3 Å². The highest BCUT2D eigenvalue weighted by atomic mass is 32.2. The van der Waals surface area contributed by atoms with Crippen molar-refractivity contribution in [1.82, 2.24) is 4.90 Å². The Balaban J connectivity index is 1.93. The lowest BCUT2D eigenvalue weighted by Gasteiger charge is -2.29. The highest BCUT2D eigenvalue weighted by Gasteiger charge is 2.32. The lowest BCUT2D eigenvalue weighted by molar-refractivity contribution is -0.137. The van der Waals surface area contributed by atoms with Gasteiger partial charge in [0.15, 0.2) is 0 Å². The average Bonchev–Trinajstić information content (AvgIpc) is 2.82. The van der Waals surface area contributed by atoms with Crippen LogP contribution in [0.1, 0.15) is 41.8 Å². The summed E-state index contributed by atoms with van der Waals surface area (Å²) in [5, 5.41) is 0. The van der Waals surface area contributed by atoms with Crippen LogP contribution in [0.2, 0.25) is 0 Å². The molecule has 5 nitrogen and oxygen atoms in total. The van der Waals surface area contributed by atoms with Crippen molar-refractivity contribution in [3.05, 3.63) is 95.3 Å². The van der Waals surface area contributed by atoms with Crippen LogP contribution in [0.25, 0.3) is 0 Å². The van der Waals surface area contributed by atoms with Crippen LogP contribution in [0.3, 0.4) is 0 Å². The molecule has 0 unspecified atom stereocenters. The SMILES string of the molecule is CC[C@H](C)N(Cc1ccccc1OS(=O)(=O)c1cccc(C(F)(F)F)c1)C(=O)c1cccc(F)c1. The van der Waals surface area contributed by atoms with Crippen LogP contribution in [0.5, 0.6) is 5.75 Å². The molecule has 0 fully saturated rings. The summed E-state index contributed by atoms with van der Waals surface area (Å²) in [6, 6.07) is 14.2. The molecule has 35 heavy (non-hydrogen) atoms. The van der Waals surface area contributed by atoms with E-state index < -0.39 is 38.5 Å². The minimum atomic E-state index is -4.72. The number of amides is 1. The minimum absolute atomic E-state index is 0.0708. The molecule has 1 atom stereocenters. The topological polar surface area (TPSA) is 63.7 Å². The molecular weight excluding hydrogens is 486 g/mol. The summed E-state index contributed by atoms with van der Waals surface area (Å²) in [7, 11) is -4.61. The molecule has 3 aromatic rings. The van der Waals surface area contributed by atoms with E-state index in [9.17, 15) is 30.8 Å². The summed E-state index contributed by atoms with van der Waals surface area (Å²) in [4.78, 5) is 13.9. The number of carbonyl (C=O) groups excluding carboxylic acids is 1. The van der Waals surface area contributed by atoms with E-state index in [4.69, 9.17) is 4.18 Å². The molecule has 3 rings (SSSR count). The van der Waals surface area contributed by atoms with Gasteiger partial charge < -0.3 is 9.08 Å². The number of rotatable bonds is 8. The highest BCUT2D eigenvalue weighted by Crippen LogP contribution is 2.32. The van der Waals surface area contributed by atoms with Gasteiger partial charge in [0.2, 0.25) is 0 Å². The fourth-order valence-electron chi connectivity index (χ4n) is 3.33. The van der Waals surface area contributed by atoms with E-state index in [1.165, 1.54) is 35.2 Å². The van der Waals surface area contributed by atoms with Gasteiger partial charge in [-0.3, -0.25) is 4.79 Å². The van der Waals surface area contributed by atoms with E-state index >= 15 is 0 Å². The second kappa shape index (κ2) is 10.5. The van der Waals surface area contributed by atoms with E-state index in [2.05, 4.69) is 0 Å². The normalized spacial score (nSPS) is 12.7. The molecule has 0 aromatic heterocycles. The number of para-hydroxylation sites is 1. The van der Waals surface area contributed by atoms with Crippen LogP contribution < -0.4 is 4.18 Å². The zero-order valence-electron chi connectivity index (χ0n) is 18.9. The Kier molecular flexibility index (Phi) is 7.84. The molecular formula is C25H23F4NO4S. The third kappa shape index (κ3) is 6.39. The van der Waals surface area contributed by atoms with Crippen molar-refractivity contribution in [1.29, 1.82) is 0 Å². The predicted molar refractivity (Wildman–Crippen MR) is 122 cm³/mol. The summed E-state index contributed by atoms with van der Waals surface area (Å²) >= 11 is 0. The maximum atomic E-state index is 13.7. The van der Waals surface area contributed by atoms with Gasteiger partial charge in [0, 0.05) is 23.7 Å². The molecule has 186 valence electrons. The Bertz CT molecular complexity index is 1310. The van der Waals surface area contributed by atoms with Crippen LogP contribution in [-0.4, -0.2) is 25.3 Å². The third-order valence-electron chi connectivity index (χ3n) is 5.42. The third-order valence-corrected chi connectivity index (χ3v) is 6.65. The minimum Gasteiger partial charge on any atom is -0.379 e. The summed E-state index contributed by atoms with van der Waals surface area (Å²) in [5.41, 5.74) is -0.688. The van der Waals surface area contributed by atoms with Gasteiger partial charge in [-0.1, -0.05) is 37.3 Å². The standard InChI is InChI=1S/C25H23F4NO4S/c1-3-17(2)30(24(31)18-9-6-11-21(26)14-18)16-19-8-4-5-13-23(19)34-35(32,33)22-12-7-10-20(15-22)25(27,28)29/h4-15,17H,3,16H2,1-2H3/t17-/m0/s1. The second-order valence-corrected chi connectivity index (χ2v) is 9.42. The molecule has 0 N–H and O–H groups in total. The zero-order chi connectivity index (χ0) is 25.8. The molecule has 0 aliphatic carbocycles. The molecule has 0 spiro atoms. The molecule has 0 bridgehead atoms. The van der Waals surface area contributed by atoms with Crippen molar-refractivity contribution in [2.75, 3.05) is 0 Å². The van der Waals surface area contributed by atoms with Gasteiger partial charge in [-0.25, -0.2) is 4.39 Å². The second-order valence-electron chi connectivity index (χ2n) is 7.87. The van der Waals surface area contributed by atoms with Crippen LogP contribution in [-0.2, 0) is 22.8 Å². The Morgan fingerprint density at radius 3 is 2.34 bits per heavy atom. The first-order chi connectivity index (χ1) is 16.4. The molecule has 0 saturated carbocycles. The smallest absolute Gasteiger partial charge is 0.379 e. The summed E-state index contributed by atoms with van der Waals surface area (Å²) < 4.78 is 83.6. The Morgan fingerprint density at radius 2 is 1.69 bits per heavy atom. The summed E-state index contributed by atoms with van der Waals surface area (Å²) in [6.45, 7) is 3.58. The van der Waals surface area contributed by atoms with E-state index in [-0.39, 0.29) is 23.9 Å². The van der Waals surface area contributed by atoms with Gasteiger partial charge in [0.25, 0.3) is 5.91 Å². The van der Waals surface area contributed by atoms with Crippen LogP contribution in [0.4, 0.5) is 17.6 Å². The van der Waals surface area contributed by atoms with Crippen LogP contribution in [0, 0.1) is 5.82 Å². The molecule has 0 aliphatic heterocycles. The molecule has 10 heteroatoms. The van der Waals surface area contributed by atoms with E-state index in [0.717, 1.165) is 24.3 Å². The maximum absolute atomic E-state index is 13.7. The van der Waals surface area contributed by atoms with Crippen molar-refractivity contribution in [3.8, 4) is 5.75 Å². The van der Waals surface area contributed by atoms with E-state index in [0.29, 0.717) is 18.1 Å². The number of nitrogens with zero attached hydrogens (tertiary/aromatic N) is 1. The van der Waals surface area contributed by atoms with Crippen molar-refractivity contribution in [2.24, 2.45) is 0 Å². The lowest BCUT2D eigenvalue weighted by Crippen LogP contribution is -2.38. The number of carbonyl (C=O) groups is 1. The number of benzene rings is 3. The highest BCUT2D eigenvalue weighted by molar-refractivity contribution is 7.87. The fraction of sp³-hybridized carbons (Fsp3) is 0.240. The molecule has 0 aliphatic rings. The predicted octanol–water partition coefficient (Wildman–Crippen LogP) is 6.05. The van der Waals surface area contributed by atoms with Gasteiger partial charge in [-0.05, 0) is 55.8 Å². The molecule has 3 aromatic carbocycles. The van der Waals surface area contributed by atoms with Gasteiger partial charge in [0.1, 0.15) is 16.5 Å². The molecule has 1 amide bonds. The zero-order valence-corrected chi connectivity index (χ0v) is 19.7. The Labute approximate surface area is 201 Å². The van der Waals surface area contributed by atoms with Crippen molar-refractivity contribution < 1.29 is 35.0 Å². The van der Waals surface area contributed by atoms with Crippen molar-refractivity contribution in [2.45, 2.75) is 43.9 Å². The van der Waals surface area contributed by atoms with Crippen LogP contribution >= 0.6 is 0 Å². The summed E-state index contributed by atoms with van der Waals surface area (Å²) in [5.74, 6) is -1.17. The Hall–Kier alpha value is -3.40. The first kappa shape index (κ1) is 26.2. The fourth-order valence-corrected chi connectivity index (χ4v) is 4.34. The van der Waals surface area contributed by atoms with E-state index in [1.54, 1.807) is 19.1 Å². The van der Waals surface area contributed by atoms with E-state index in [1.807, 2.05) is 6.92 Å². The van der Waals surface area contributed by atoms with Gasteiger partial charge in [-0.2, -0.15) is 21.6 Å². The first-order valence-corrected chi connectivity index (χ1v) is 12.1. The van der Waals surface area contributed by atoms with Crippen LogP contribution in [0.15, 0.2) is 77.7 Å². The summed E-state index contributed by atoms with van der Waals surface area (Å²) in [6.07, 6.45) is -4.16. The monoisotopic (exact) mass is 509 g/mol. The molecule has 0 heterocycles. The van der Waals surface area contributed by atoms with Crippen molar-refractivity contribution in [3.63, 3.8) is 0 Å². The lowest BCUT2D eigenvalue weighted by atomic mass is 10.1. The number of alkyl halides is 3. The van der Waals surface area contributed by atoms with Crippen molar-refractivity contribution >= 4 is 16.0 Å². The molecule has 0 radical (unpaired) electrons. The largest absolute Gasteiger partial charge is 0.416 e. The number of hydrogen-bond donors (Lipinski definition) is 0. The average molecular weight is 510 g/mol. The Morgan fingerprint density at radius 1 is 1.00 bits per heavy atom. The quantitative estimate of drug-likeness (QED) is 0.274. The van der Waals surface area contributed by atoms with Gasteiger partial charge in [-0.15, -0.1) is 0 Å². The number of halogens is 4. The van der Waals surface area contributed by atoms with Gasteiger partial charge in [0.05, 0.1) is 5.56 Å². The molecule has 0 saturated heterocycles. The first-order valence-electron chi connectivity index (χ1n) is 10.7. The maximum Gasteiger partial charge on any atom is 0.416 e. The number of hydrogen-bond acceptors (Lipinski definition) is 4.